The Morgan fingerprint density at radius 3 is 2.54 bits per heavy atom. The first-order valence-electron chi connectivity index (χ1n) is 5.00. The first kappa shape index (κ1) is 10.5. The number of ether oxygens (including phenoxy) is 1. The Morgan fingerprint density at radius 2 is 2.15 bits per heavy atom. The molecule has 0 bridgehead atoms. The molecule has 1 saturated heterocycles. The molecule has 1 aliphatic rings. The second-order valence-electron chi connectivity index (χ2n) is 3.73. The zero-order valence-corrected chi connectivity index (χ0v) is 8.38. The van der Waals surface area contributed by atoms with Gasteiger partial charge in [0.15, 0.2) is 0 Å². The van der Waals surface area contributed by atoms with Crippen LogP contribution >= 0.6 is 0 Å². The Balaban J connectivity index is 2.63. The Hall–Kier alpha value is -0.570. The van der Waals surface area contributed by atoms with E-state index in [1.165, 1.54) is 0 Å². The molecule has 0 unspecified atom stereocenters. The number of aliphatic hydroxyl groups is 1. The fourth-order valence-corrected chi connectivity index (χ4v) is 1.97. The molecule has 0 spiro atoms. The molecule has 1 N–H and O–H groups in total. The van der Waals surface area contributed by atoms with Gasteiger partial charge < -0.3 is 9.84 Å². The fourth-order valence-electron chi connectivity index (χ4n) is 1.97. The maximum Gasteiger partial charge on any atom is 0.312 e. The molecule has 0 aromatic rings. The monoisotopic (exact) mass is 186 g/mol. The van der Waals surface area contributed by atoms with Crippen LogP contribution < -0.4 is 0 Å². The predicted molar refractivity (Wildman–Crippen MR) is 49.2 cm³/mol. The van der Waals surface area contributed by atoms with Crippen LogP contribution in [-0.2, 0) is 9.53 Å². The summed E-state index contributed by atoms with van der Waals surface area (Å²) in [6.45, 7) is 4.14. The van der Waals surface area contributed by atoms with Crippen molar-refractivity contribution in [1.82, 2.24) is 0 Å². The summed E-state index contributed by atoms with van der Waals surface area (Å²) in [4.78, 5) is 11.5. The van der Waals surface area contributed by atoms with E-state index in [-0.39, 0.29) is 24.1 Å². The number of esters is 1. The van der Waals surface area contributed by atoms with E-state index in [0.29, 0.717) is 6.42 Å². The average molecular weight is 186 g/mol. The van der Waals surface area contributed by atoms with E-state index in [9.17, 15) is 4.79 Å². The first-order valence-corrected chi connectivity index (χ1v) is 5.00. The quantitative estimate of drug-likeness (QED) is 0.677. The maximum atomic E-state index is 11.5. The number of rotatable bonds is 4. The van der Waals surface area contributed by atoms with E-state index in [0.717, 1.165) is 19.3 Å². The number of aliphatic hydroxyl groups excluding tert-OH is 1. The molecule has 13 heavy (non-hydrogen) atoms. The molecule has 0 amide bonds. The van der Waals surface area contributed by atoms with Crippen LogP contribution in [0.1, 0.15) is 39.5 Å². The third-order valence-electron chi connectivity index (χ3n) is 3.13. The van der Waals surface area contributed by atoms with Crippen LogP contribution in [0.25, 0.3) is 0 Å². The Morgan fingerprint density at radius 1 is 1.54 bits per heavy atom. The lowest BCUT2D eigenvalue weighted by Gasteiger charge is -2.19. The van der Waals surface area contributed by atoms with Crippen molar-refractivity contribution in [3.05, 3.63) is 0 Å². The summed E-state index contributed by atoms with van der Waals surface area (Å²) in [5.41, 5.74) is -0.264. The molecule has 1 fully saturated rings. The molecule has 1 atom stereocenters. The number of carbonyl (C=O) groups is 1. The lowest BCUT2D eigenvalue weighted by Crippen LogP contribution is -2.24. The van der Waals surface area contributed by atoms with E-state index in [2.05, 4.69) is 0 Å². The van der Waals surface area contributed by atoms with Gasteiger partial charge in [0.05, 0.1) is 5.41 Å². The molecular formula is C10H18O3. The van der Waals surface area contributed by atoms with Gasteiger partial charge in [-0.25, -0.2) is 0 Å². The largest absolute Gasteiger partial charge is 0.462 e. The molecule has 1 rings (SSSR count). The van der Waals surface area contributed by atoms with Crippen LogP contribution in [0.15, 0.2) is 0 Å². The minimum absolute atomic E-state index is 0.0580. The topological polar surface area (TPSA) is 46.5 Å². The smallest absolute Gasteiger partial charge is 0.312 e. The highest BCUT2D eigenvalue weighted by atomic mass is 16.6. The second kappa shape index (κ2) is 4.09. The van der Waals surface area contributed by atoms with Crippen molar-refractivity contribution in [3.63, 3.8) is 0 Å². The molecule has 0 saturated carbocycles. The van der Waals surface area contributed by atoms with Crippen LogP contribution in [0.3, 0.4) is 0 Å². The normalized spacial score (nSPS) is 26.1. The van der Waals surface area contributed by atoms with Crippen molar-refractivity contribution in [2.24, 2.45) is 5.41 Å². The lowest BCUT2D eigenvalue weighted by atomic mass is 9.79. The zero-order chi connectivity index (χ0) is 9.90. The lowest BCUT2D eigenvalue weighted by molar-refractivity contribution is -0.149. The number of carbonyl (C=O) groups excluding carboxylic acids is 1. The van der Waals surface area contributed by atoms with Crippen molar-refractivity contribution in [3.8, 4) is 0 Å². The highest BCUT2D eigenvalue weighted by molar-refractivity contribution is 5.78. The van der Waals surface area contributed by atoms with E-state index >= 15 is 0 Å². The van der Waals surface area contributed by atoms with Gasteiger partial charge >= 0.3 is 5.97 Å². The highest BCUT2D eigenvalue weighted by Crippen LogP contribution is 2.40. The van der Waals surface area contributed by atoms with Crippen LogP contribution in [0.5, 0.6) is 0 Å². The molecule has 0 aromatic heterocycles. The molecule has 0 aliphatic carbocycles. The molecular weight excluding hydrogens is 168 g/mol. The van der Waals surface area contributed by atoms with E-state index in [1.807, 2.05) is 13.8 Å². The molecule has 3 heteroatoms. The Kier molecular flexibility index (Phi) is 3.31. The first-order chi connectivity index (χ1) is 6.18. The van der Waals surface area contributed by atoms with Gasteiger partial charge in [-0.15, -0.1) is 0 Å². The third kappa shape index (κ3) is 1.85. The minimum Gasteiger partial charge on any atom is -0.462 e. The summed E-state index contributed by atoms with van der Waals surface area (Å²) < 4.78 is 5.20. The van der Waals surface area contributed by atoms with Gasteiger partial charge in [-0.05, 0) is 12.8 Å². The van der Waals surface area contributed by atoms with Crippen LogP contribution in [-0.4, -0.2) is 23.8 Å². The standard InChI is InChI=1S/C10H18O3/c1-3-10(4-2)7-8(5-6-11)13-9(10)12/h8,11H,3-7H2,1-2H3/t8-/m1/s1. The summed E-state index contributed by atoms with van der Waals surface area (Å²) in [5.74, 6) is -0.0732. The summed E-state index contributed by atoms with van der Waals surface area (Å²) in [5, 5.41) is 8.74. The van der Waals surface area contributed by atoms with Crippen molar-refractivity contribution in [2.75, 3.05) is 6.61 Å². The number of cyclic esters (lactones) is 1. The van der Waals surface area contributed by atoms with Crippen molar-refractivity contribution < 1.29 is 14.6 Å². The van der Waals surface area contributed by atoms with Gasteiger partial charge in [0.1, 0.15) is 6.10 Å². The predicted octanol–water partition coefficient (Wildman–Crippen LogP) is 1.49. The molecule has 76 valence electrons. The molecule has 1 heterocycles. The summed E-state index contributed by atoms with van der Waals surface area (Å²) in [7, 11) is 0. The van der Waals surface area contributed by atoms with Gasteiger partial charge in [-0.1, -0.05) is 13.8 Å². The summed E-state index contributed by atoms with van der Waals surface area (Å²) >= 11 is 0. The van der Waals surface area contributed by atoms with E-state index in [4.69, 9.17) is 9.84 Å². The number of hydrogen-bond donors (Lipinski definition) is 1. The second-order valence-corrected chi connectivity index (χ2v) is 3.73. The third-order valence-corrected chi connectivity index (χ3v) is 3.13. The summed E-state index contributed by atoms with van der Waals surface area (Å²) in [6, 6.07) is 0. The van der Waals surface area contributed by atoms with Crippen LogP contribution in [0, 0.1) is 5.41 Å². The molecule has 3 nitrogen and oxygen atoms in total. The van der Waals surface area contributed by atoms with Gasteiger partial charge in [0.25, 0.3) is 0 Å². The van der Waals surface area contributed by atoms with Crippen LogP contribution in [0.2, 0.25) is 0 Å². The fraction of sp³-hybridized carbons (Fsp3) is 0.900. The van der Waals surface area contributed by atoms with Gasteiger partial charge in [0, 0.05) is 19.4 Å². The van der Waals surface area contributed by atoms with E-state index in [1.54, 1.807) is 0 Å². The van der Waals surface area contributed by atoms with Gasteiger partial charge in [-0.3, -0.25) is 4.79 Å². The molecule has 0 radical (unpaired) electrons. The van der Waals surface area contributed by atoms with Gasteiger partial charge in [0.2, 0.25) is 0 Å². The molecule has 0 aromatic carbocycles. The van der Waals surface area contributed by atoms with Crippen LogP contribution in [0.4, 0.5) is 0 Å². The zero-order valence-electron chi connectivity index (χ0n) is 8.38. The Bertz CT molecular complexity index is 185. The molecule has 1 aliphatic heterocycles. The SMILES string of the molecule is CCC1(CC)C[C@@H](CCO)OC1=O. The number of hydrogen-bond acceptors (Lipinski definition) is 3. The van der Waals surface area contributed by atoms with Crippen molar-refractivity contribution in [1.29, 1.82) is 0 Å². The Labute approximate surface area is 79.1 Å². The maximum absolute atomic E-state index is 11.5. The van der Waals surface area contributed by atoms with Crippen molar-refractivity contribution >= 4 is 5.97 Å². The van der Waals surface area contributed by atoms with Gasteiger partial charge in [-0.2, -0.15) is 0 Å². The van der Waals surface area contributed by atoms with E-state index < -0.39 is 0 Å². The average Bonchev–Trinajstić information content (AvgIpc) is 2.44. The summed E-state index contributed by atoms with van der Waals surface area (Å²) in [6.07, 6.45) is 2.97. The van der Waals surface area contributed by atoms with Crippen molar-refractivity contribution in [2.45, 2.75) is 45.6 Å². The minimum atomic E-state index is -0.264. The highest BCUT2D eigenvalue weighted by Gasteiger charge is 2.45.